The molecule has 0 fully saturated rings. The Balaban J connectivity index is 0.935. The predicted octanol–water partition coefficient (Wildman–Crippen LogP) is 18.2. The SMILES string of the molecule is c1ccc(-c2cc(-c3ccccc3)cc(-c3ccc(N(c4ccc(-c5ccc6c(ccc7ccccc76)c5)cc4)c4ccc(-c5cccc6c5sc5ccccc56)cc4)cc3)c2)cc1. The van der Waals surface area contributed by atoms with E-state index in [0.717, 1.165) is 17.1 Å². The lowest BCUT2D eigenvalue weighted by molar-refractivity contribution is 1.28. The average Bonchev–Trinajstić information content (AvgIpc) is 3.76. The summed E-state index contributed by atoms with van der Waals surface area (Å²) in [6, 6.07) is 90.9. The highest BCUT2D eigenvalue weighted by atomic mass is 32.1. The highest BCUT2D eigenvalue weighted by Crippen LogP contribution is 2.43. The summed E-state index contributed by atoms with van der Waals surface area (Å²) in [6.07, 6.45) is 0. The van der Waals surface area contributed by atoms with E-state index in [2.05, 4.69) is 254 Å². The molecule has 1 nitrogen and oxygen atoms in total. The number of rotatable bonds is 8. The van der Waals surface area contributed by atoms with E-state index in [-0.39, 0.29) is 0 Å². The van der Waals surface area contributed by atoms with Crippen LogP contribution in [0.2, 0.25) is 0 Å². The summed E-state index contributed by atoms with van der Waals surface area (Å²) in [7, 11) is 0. The van der Waals surface area contributed by atoms with Crippen molar-refractivity contribution < 1.29 is 0 Å². The van der Waals surface area contributed by atoms with Gasteiger partial charge in [-0.25, -0.2) is 0 Å². The lowest BCUT2D eigenvalue weighted by Gasteiger charge is -2.26. The minimum Gasteiger partial charge on any atom is -0.311 e. The summed E-state index contributed by atoms with van der Waals surface area (Å²) < 4.78 is 2.65. The van der Waals surface area contributed by atoms with Crippen LogP contribution in [0.5, 0.6) is 0 Å². The molecule has 12 rings (SSSR count). The van der Waals surface area contributed by atoms with Gasteiger partial charge in [0, 0.05) is 37.2 Å². The van der Waals surface area contributed by atoms with Gasteiger partial charge in [-0.3, -0.25) is 0 Å². The first-order valence-electron chi connectivity index (χ1n) is 21.9. The van der Waals surface area contributed by atoms with E-state index in [9.17, 15) is 0 Å². The summed E-state index contributed by atoms with van der Waals surface area (Å²) in [5, 5.41) is 7.72. The Morgan fingerprint density at radius 2 is 0.703 bits per heavy atom. The van der Waals surface area contributed by atoms with Crippen molar-refractivity contribution in [3.63, 3.8) is 0 Å². The van der Waals surface area contributed by atoms with E-state index in [1.54, 1.807) is 0 Å². The molecule has 12 aromatic rings. The molecule has 0 aliphatic heterocycles. The van der Waals surface area contributed by atoms with Crippen molar-refractivity contribution in [2.75, 3.05) is 4.90 Å². The molecular weight excluding hydrogens is 791 g/mol. The number of hydrogen-bond donors (Lipinski definition) is 0. The molecule has 0 atom stereocenters. The number of fused-ring (bicyclic) bond motifs is 6. The van der Waals surface area contributed by atoms with Gasteiger partial charge in [0.25, 0.3) is 0 Å². The summed E-state index contributed by atoms with van der Waals surface area (Å²) in [5.41, 5.74) is 15.3. The second-order valence-electron chi connectivity index (χ2n) is 16.5. The van der Waals surface area contributed by atoms with Crippen LogP contribution < -0.4 is 4.90 Å². The molecule has 0 unspecified atom stereocenters. The lowest BCUT2D eigenvalue weighted by atomic mass is 9.93. The Morgan fingerprint density at radius 3 is 1.33 bits per heavy atom. The fraction of sp³-hybridized carbons (Fsp3) is 0. The Morgan fingerprint density at radius 1 is 0.250 bits per heavy atom. The van der Waals surface area contributed by atoms with E-state index in [0.29, 0.717) is 0 Å². The molecule has 0 saturated heterocycles. The van der Waals surface area contributed by atoms with Crippen LogP contribution in [-0.4, -0.2) is 0 Å². The van der Waals surface area contributed by atoms with Crippen LogP contribution in [0.15, 0.2) is 249 Å². The molecule has 0 amide bonds. The first-order valence-corrected chi connectivity index (χ1v) is 22.7. The largest absolute Gasteiger partial charge is 0.311 e. The topological polar surface area (TPSA) is 3.24 Å². The number of thiophene rings is 1. The second-order valence-corrected chi connectivity index (χ2v) is 17.6. The molecule has 0 aliphatic rings. The number of anilines is 3. The van der Waals surface area contributed by atoms with E-state index < -0.39 is 0 Å². The highest BCUT2D eigenvalue weighted by molar-refractivity contribution is 7.26. The monoisotopic (exact) mass is 831 g/mol. The zero-order valence-electron chi connectivity index (χ0n) is 35.0. The van der Waals surface area contributed by atoms with Gasteiger partial charge in [0.2, 0.25) is 0 Å². The van der Waals surface area contributed by atoms with Gasteiger partial charge in [0.15, 0.2) is 0 Å². The maximum absolute atomic E-state index is 2.37. The number of benzene rings is 11. The molecular formula is C62H41NS. The minimum absolute atomic E-state index is 1.09. The third kappa shape index (κ3) is 6.91. The minimum atomic E-state index is 1.09. The lowest BCUT2D eigenvalue weighted by Crippen LogP contribution is -2.09. The van der Waals surface area contributed by atoms with Crippen LogP contribution in [-0.2, 0) is 0 Å². The fourth-order valence-electron chi connectivity index (χ4n) is 9.40. The molecule has 0 saturated carbocycles. The van der Waals surface area contributed by atoms with Crippen molar-refractivity contribution in [2.24, 2.45) is 0 Å². The maximum Gasteiger partial charge on any atom is 0.0462 e. The smallest absolute Gasteiger partial charge is 0.0462 e. The second kappa shape index (κ2) is 16.0. The van der Waals surface area contributed by atoms with Crippen molar-refractivity contribution in [2.45, 2.75) is 0 Å². The zero-order chi connectivity index (χ0) is 42.4. The van der Waals surface area contributed by atoms with Gasteiger partial charge in [-0.15, -0.1) is 11.3 Å². The van der Waals surface area contributed by atoms with Gasteiger partial charge in [-0.2, -0.15) is 0 Å². The van der Waals surface area contributed by atoms with E-state index in [1.807, 2.05) is 11.3 Å². The molecule has 2 heteroatoms. The van der Waals surface area contributed by atoms with Crippen molar-refractivity contribution in [1.82, 2.24) is 0 Å². The predicted molar refractivity (Wildman–Crippen MR) is 276 cm³/mol. The standard InChI is InChI=1S/C62H41NS/c1-3-12-42(13-4-1)50-39-51(43-14-5-2-6-15-43)41-52(40-50)45-26-33-54(34-27-45)63(55-35-28-47(29-36-55)58-19-11-20-60-59-18-9-10-21-61(59)64-62(58)60)53-31-24-44(25-32-53)48-30-37-57-49(38-48)23-22-46-16-7-8-17-56(46)57/h1-41H. The molecule has 11 aromatic carbocycles. The van der Waals surface area contributed by atoms with Crippen LogP contribution in [0.25, 0.3) is 97.4 Å². The molecule has 0 N–H and O–H groups in total. The van der Waals surface area contributed by atoms with Crippen molar-refractivity contribution in [1.29, 1.82) is 0 Å². The molecule has 64 heavy (non-hydrogen) atoms. The van der Waals surface area contributed by atoms with Crippen LogP contribution in [0, 0.1) is 0 Å². The summed E-state index contributed by atoms with van der Waals surface area (Å²) in [5.74, 6) is 0. The van der Waals surface area contributed by atoms with Gasteiger partial charge in [-0.05, 0) is 144 Å². The molecule has 1 aromatic heterocycles. The van der Waals surface area contributed by atoms with E-state index in [4.69, 9.17) is 0 Å². The van der Waals surface area contributed by atoms with Crippen LogP contribution in [0.3, 0.4) is 0 Å². The molecule has 0 aliphatic carbocycles. The summed E-state index contributed by atoms with van der Waals surface area (Å²) in [6.45, 7) is 0. The fourth-order valence-corrected chi connectivity index (χ4v) is 10.6. The third-order valence-corrected chi connectivity index (χ3v) is 13.9. The Bertz CT molecular complexity index is 3570. The van der Waals surface area contributed by atoms with Crippen LogP contribution in [0.1, 0.15) is 0 Å². The summed E-state index contributed by atoms with van der Waals surface area (Å²) in [4.78, 5) is 2.37. The normalized spacial score (nSPS) is 11.4. The Labute approximate surface area is 377 Å². The highest BCUT2D eigenvalue weighted by Gasteiger charge is 2.16. The molecule has 0 bridgehead atoms. The zero-order valence-corrected chi connectivity index (χ0v) is 35.8. The molecule has 0 spiro atoms. The molecule has 1 heterocycles. The Hall–Kier alpha value is -8.04. The summed E-state index contributed by atoms with van der Waals surface area (Å²) >= 11 is 1.88. The molecule has 300 valence electrons. The quantitative estimate of drug-likeness (QED) is 0.138. The average molecular weight is 832 g/mol. The third-order valence-electron chi connectivity index (χ3n) is 12.7. The van der Waals surface area contributed by atoms with E-state index in [1.165, 1.54) is 97.4 Å². The Kier molecular flexibility index (Phi) is 9.43. The van der Waals surface area contributed by atoms with Crippen molar-refractivity contribution in [3.05, 3.63) is 249 Å². The van der Waals surface area contributed by atoms with Gasteiger partial charge in [-0.1, -0.05) is 182 Å². The first-order chi connectivity index (χ1) is 31.7. The van der Waals surface area contributed by atoms with Crippen LogP contribution >= 0.6 is 11.3 Å². The van der Waals surface area contributed by atoms with Crippen molar-refractivity contribution >= 4 is 70.1 Å². The van der Waals surface area contributed by atoms with Crippen molar-refractivity contribution in [3.8, 4) is 55.6 Å². The van der Waals surface area contributed by atoms with Crippen LogP contribution in [0.4, 0.5) is 17.1 Å². The van der Waals surface area contributed by atoms with Gasteiger partial charge < -0.3 is 4.90 Å². The number of nitrogens with zero attached hydrogens (tertiary/aromatic N) is 1. The van der Waals surface area contributed by atoms with Gasteiger partial charge >= 0.3 is 0 Å². The van der Waals surface area contributed by atoms with E-state index >= 15 is 0 Å². The first kappa shape index (κ1) is 37.7. The molecule has 0 radical (unpaired) electrons. The number of hydrogen-bond acceptors (Lipinski definition) is 2. The van der Waals surface area contributed by atoms with Gasteiger partial charge in [0.05, 0.1) is 0 Å². The maximum atomic E-state index is 2.37. The van der Waals surface area contributed by atoms with Gasteiger partial charge in [0.1, 0.15) is 0 Å².